The Bertz CT molecular complexity index is 796. The smallest absolute Gasteiger partial charge is 0.134 e. The van der Waals surface area contributed by atoms with Crippen LogP contribution in [0.25, 0.3) is 11.0 Å². The van der Waals surface area contributed by atoms with Gasteiger partial charge in [-0.3, -0.25) is 0 Å². The topological polar surface area (TPSA) is 13.1 Å². The van der Waals surface area contributed by atoms with Gasteiger partial charge in [-0.05, 0) is 29.5 Å². The molecular formula is C18H14O. The van der Waals surface area contributed by atoms with Gasteiger partial charge in [-0.25, -0.2) is 0 Å². The van der Waals surface area contributed by atoms with Gasteiger partial charge in [0.15, 0.2) is 0 Å². The first-order chi connectivity index (χ1) is 9.42. The first-order valence-electron chi connectivity index (χ1n) is 7.01. The molecule has 0 saturated carbocycles. The molecule has 0 spiro atoms. The van der Waals surface area contributed by atoms with Crippen molar-refractivity contribution in [3.63, 3.8) is 0 Å². The van der Waals surface area contributed by atoms with Crippen LogP contribution in [-0.2, 0) is 6.42 Å². The number of hydrogen-bond donors (Lipinski definition) is 0. The van der Waals surface area contributed by atoms with Crippen molar-refractivity contribution >= 4 is 11.0 Å². The van der Waals surface area contributed by atoms with E-state index in [4.69, 9.17) is 4.42 Å². The van der Waals surface area contributed by atoms with E-state index in [9.17, 15) is 0 Å². The van der Waals surface area contributed by atoms with Crippen LogP contribution in [0.15, 0.2) is 52.9 Å². The lowest BCUT2D eigenvalue weighted by Gasteiger charge is -2.18. The second-order valence-electron chi connectivity index (χ2n) is 5.75. The molecule has 0 N–H and O–H groups in total. The monoisotopic (exact) mass is 246 g/mol. The number of hydrogen-bond acceptors (Lipinski definition) is 1. The highest BCUT2D eigenvalue weighted by atomic mass is 16.3. The fourth-order valence-electron chi connectivity index (χ4n) is 4.08. The lowest BCUT2D eigenvalue weighted by Crippen LogP contribution is -2.07. The van der Waals surface area contributed by atoms with Crippen LogP contribution in [0.3, 0.4) is 0 Å². The second-order valence-corrected chi connectivity index (χ2v) is 5.75. The number of rotatable bonds is 0. The molecule has 5 rings (SSSR count). The highest BCUT2D eigenvalue weighted by Gasteiger charge is 2.40. The van der Waals surface area contributed by atoms with Gasteiger partial charge in [-0.15, -0.1) is 0 Å². The Hall–Kier alpha value is -2.02. The molecule has 0 amide bonds. The summed E-state index contributed by atoms with van der Waals surface area (Å²) in [5.74, 6) is 2.43. The Morgan fingerprint density at radius 3 is 2.63 bits per heavy atom. The van der Waals surface area contributed by atoms with E-state index >= 15 is 0 Å². The van der Waals surface area contributed by atoms with Gasteiger partial charge in [0.2, 0.25) is 0 Å². The molecule has 19 heavy (non-hydrogen) atoms. The molecule has 2 unspecified atom stereocenters. The van der Waals surface area contributed by atoms with E-state index < -0.39 is 0 Å². The van der Waals surface area contributed by atoms with Crippen LogP contribution in [-0.4, -0.2) is 0 Å². The Balaban J connectivity index is 1.85. The maximum atomic E-state index is 6.10. The van der Waals surface area contributed by atoms with Crippen LogP contribution in [0.1, 0.15) is 40.7 Å². The van der Waals surface area contributed by atoms with E-state index in [1.165, 1.54) is 28.7 Å². The quantitative estimate of drug-likeness (QED) is 0.564. The summed E-state index contributed by atoms with van der Waals surface area (Å²) in [4.78, 5) is 0. The fraction of sp³-hybridized carbons (Fsp3) is 0.222. The lowest BCUT2D eigenvalue weighted by atomic mass is 9.84. The van der Waals surface area contributed by atoms with Crippen LogP contribution in [0.4, 0.5) is 0 Å². The summed E-state index contributed by atoms with van der Waals surface area (Å²) in [6.45, 7) is 0. The third-order valence-electron chi connectivity index (χ3n) is 4.82. The Labute approximate surface area is 111 Å². The third kappa shape index (κ3) is 1.16. The van der Waals surface area contributed by atoms with Gasteiger partial charge in [0.05, 0.1) is 0 Å². The summed E-state index contributed by atoms with van der Waals surface area (Å²) < 4.78 is 6.10. The summed E-state index contributed by atoms with van der Waals surface area (Å²) in [6, 6.07) is 17.4. The zero-order valence-electron chi connectivity index (χ0n) is 10.6. The van der Waals surface area contributed by atoms with Gasteiger partial charge >= 0.3 is 0 Å². The minimum absolute atomic E-state index is 0.550. The van der Waals surface area contributed by atoms with Crippen molar-refractivity contribution in [1.29, 1.82) is 0 Å². The molecule has 2 aromatic carbocycles. The van der Waals surface area contributed by atoms with Crippen molar-refractivity contribution in [2.75, 3.05) is 0 Å². The van der Waals surface area contributed by atoms with Gasteiger partial charge in [0, 0.05) is 23.3 Å². The van der Waals surface area contributed by atoms with Crippen molar-refractivity contribution in [2.45, 2.75) is 24.7 Å². The molecule has 1 heteroatoms. The zero-order valence-corrected chi connectivity index (χ0v) is 10.6. The molecule has 0 radical (unpaired) electrons. The van der Waals surface area contributed by atoms with Crippen LogP contribution in [0.5, 0.6) is 0 Å². The van der Waals surface area contributed by atoms with Gasteiger partial charge in [-0.2, -0.15) is 0 Å². The lowest BCUT2D eigenvalue weighted by molar-refractivity contribution is 0.475. The molecule has 92 valence electrons. The van der Waals surface area contributed by atoms with Crippen molar-refractivity contribution in [3.8, 4) is 0 Å². The van der Waals surface area contributed by atoms with Crippen molar-refractivity contribution < 1.29 is 4.42 Å². The van der Waals surface area contributed by atoms with Crippen molar-refractivity contribution in [1.82, 2.24) is 0 Å². The molecule has 1 aromatic heterocycles. The SMILES string of the molecule is c1ccc2c(c1)C1Cc3oc4ccccc4c3C2C1. The standard InChI is InChI=1S/C18H14O/c1-2-6-13-12(5-1)11-9-15(13)18-14-7-3-4-8-16(14)19-17(18)10-11/h1-8,11,15H,9-10H2. The van der Waals surface area contributed by atoms with Crippen LogP contribution in [0, 0.1) is 0 Å². The Kier molecular flexibility index (Phi) is 1.71. The molecule has 3 aromatic rings. The average Bonchev–Trinajstić information content (AvgIpc) is 2.97. The predicted octanol–water partition coefficient (Wildman–Crippen LogP) is 4.61. The maximum absolute atomic E-state index is 6.10. The van der Waals surface area contributed by atoms with E-state index in [2.05, 4.69) is 48.5 Å². The fourth-order valence-corrected chi connectivity index (χ4v) is 4.08. The normalized spacial score (nSPS) is 23.4. The van der Waals surface area contributed by atoms with Crippen LogP contribution >= 0.6 is 0 Å². The maximum Gasteiger partial charge on any atom is 0.134 e. The molecule has 2 aliphatic rings. The summed E-state index contributed by atoms with van der Waals surface area (Å²) in [6.07, 6.45) is 2.33. The number of furan rings is 1. The Morgan fingerprint density at radius 2 is 1.68 bits per heavy atom. The molecule has 2 bridgehead atoms. The average molecular weight is 246 g/mol. The molecule has 0 saturated heterocycles. The first-order valence-corrected chi connectivity index (χ1v) is 7.01. The minimum Gasteiger partial charge on any atom is -0.461 e. The van der Waals surface area contributed by atoms with E-state index in [0.29, 0.717) is 11.8 Å². The largest absolute Gasteiger partial charge is 0.461 e. The summed E-state index contributed by atoms with van der Waals surface area (Å²) in [5.41, 5.74) is 5.58. The minimum atomic E-state index is 0.550. The molecule has 0 fully saturated rings. The molecule has 1 heterocycles. The summed E-state index contributed by atoms with van der Waals surface area (Å²) in [5, 5.41) is 1.32. The van der Waals surface area contributed by atoms with E-state index in [0.717, 1.165) is 12.0 Å². The Morgan fingerprint density at radius 1 is 0.895 bits per heavy atom. The molecule has 2 aliphatic carbocycles. The second kappa shape index (κ2) is 3.30. The summed E-state index contributed by atoms with van der Waals surface area (Å²) in [7, 11) is 0. The van der Waals surface area contributed by atoms with E-state index in [1.54, 1.807) is 5.56 Å². The third-order valence-corrected chi connectivity index (χ3v) is 4.82. The van der Waals surface area contributed by atoms with E-state index in [1.807, 2.05) is 0 Å². The number of benzene rings is 2. The van der Waals surface area contributed by atoms with Gasteiger partial charge in [0.25, 0.3) is 0 Å². The summed E-state index contributed by atoms with van der Waals surface area (Å²) >= 11 is 0. The zero-order chi connectivity index (χ0) is 12.4. The number of fused-ring (bicyclic) bond motifs is 9. The van der Waals surface area contributed by atoms with Crippen LogP contribution in [0.2, 0.25) is 0 Å². The van der Waals surface area contributed by atoms with Crippen LogP contribution < -0.4 is 0 Å². The highest BCUT2D eigenvalue weighted by molar-refractivity contribution is 5.84. The molecule has 2 atom stereocenters. The highest BCUT2D eigenvalue weighted by Crippen LogP contribution is 2.53. The molecule has 1 nitrogen and oxygen atoms in total. The first kappa shape index (κ1) is 9.85. The molecule has 0 aliphatic heterocycles. The number of para-hydroxylation sites is 1. The van der Waals surface area contributed by atoms with Gasteiger partial charge in [0.1, 0.15) is 11.3 Å². The van der Waals surface area contributed by atoms with Gasteiger partial charge < -0.3 is 4.42 Å². The van der Waals surface area contributed by atoms with E-state index in [-0.39, 0.29) is 0 Å². The predicted molar refractivity (Wildman–Crippen MR) is 75.6 cm³/mol. The van der Waals surface area contributed by atoms with Crippen molar-refractivity contribution in [2.24, 2.45) is 0 Å². The molecular weight excluding hydrogens is 232 g/mol. The van der Waals surface area contributed by atoms with Gasteiger partial charge in [-0.1, -0.05) is 42.5 Å². The van der Waals surface area contributed by atoms with Crippen molar-refractivity contribution in [3.05, 3.63) is 71.0 Å².